The molecule has 7 heteroatoms. The van der Waals surface area contributed by atoms with Crippen molar-refractivity contribution in [1.29, 1.82) is 0 Å². The van der Waals surface area contributed by atoms with Crippen LogP contribution in [0.15, 0.2) is 83.9 Å². The number of benzene rings is 1. The predicted octanol–water partition coefficient (Wildman–Crippen LogP) is 4.62. The molecule has 0 atom stereocenters. The average molecular weight is 423 g/mol. The highest BCUT2D eigenvalue weighted by atomic mass is 16.3. The van der Waals surface area contributed by atoms with E-state index in [0.29, 0.717) is 5.65 Å². The Morgan fingerprint density at radius 1 is 1.00 bits per heavy atom. The quantitative estimate of drug-likeness (QED) is 0.431. The van der Waals surface area contributed by atoms with E-state index in [1.807, 2.05) is 61.5 Å². The average Bonchev–Trinajstić information content (AvgIpc) is 3.45. The molecule has 0 unspecified atom stereocenters. The molecule has 0 radical (unpaired) electrons. The third-order valence-corrected chi connectivity index (χ3v) is 5.28. The first-order chi connectivity index (χ1) is 15.7. The van der Waals surface area contributed by atoms with E-state index in [2.05, 4.69) is 20.4 Å². The van der Waals surface area contributed by atoms with Crippen LogP contribution in [0.25, 0.3) is 22.4 Å². The minimum absolute atomic E-state index is 0.0672. The summed E-state index contributed by atoms with van der Waals surface area (Å²) in [6.07, 6.45) is 7.74. The lowest BCUT2D eigenvalue weighted by atomic mass is 10.1. The van der Waals surface area contributed by atoms with Crippen molar-refractivity contribution < 1.29 is 9.21 Å². The second kappa shape index (κ2) is 8.47. The van der Waals surface area contributed by atoms with Crippen molar-refractivity contribution >= 4 is 22.6 Å². The molecule has 5 rings (SSSR count). The highest BCUT2D eigenvalue weighted by molar-refractivity contribution is 5.95. The molecule has 0 aliphatic rings. The molecular formula is C25H21N5O2. The van der Waals surface area contributed by atoms with Gasteiger partial charge < -0.3 is 9.73 Å². The summed E-state index contributed by atoms with van der Waals surface area (Å²) in [4.78, 5) is 21.2. The van der Waals surface area contributed by atoms with E-state index < -0.39 is 0 Å². The van der Waals surface area contributed by atoms with E-state index >= 15 is 0 Å². The van der Waals surface area contributed by atoms with Crippen LogP contribution in [-0.4, -0.2) is 25.7 Å². The smallest absolute Gasteiger partial charge is 0.246 e. The number of hydrogen-bond donors (Lipinski definition) is 1. The second-order valence-electron chi connectivity index (χ2n) is 7.55. The van der Waals surface area contributed by atoms with Crippen molar-refractivity contribution in [3.8, 4) is 11.3 Å². The maximum atomic E-state index is 12.7. The summed E-state index contributed by atoms with van der Waals surface area (Å²) >= 11 is 0. The summed E-state index contributed by atoms with van der Waals surface area (Å²) in [5, 5.41) is 8.38. The molecule has 4 heterocycles. The molecule has 1 amide bonds. The van der Waals surface area contributed by atoms with Gasteiger partial charge in [0.15, 0.2) is 5.65 Å². The third kappa shape index (κ3) is 4.00. The summed E-state index contributed by atoms with van der Waals surface area (Å²) in [5.41, 5.74) is 5.46. The molecular weight excluding hydrogens is 402 g/mol. The number of furan rings is 1. The Morgan fingerprint density at radius 3 is 2.53 bits per heavy atom. The van der Waals surface area contributed by atoms with Gasteiger partial charge in [0.05, 0.1) is 17.3 Å². The lowest BCUT2D eigenvalue weighted by Crippen LogP contribution is -2.19. The first-order valence-electron chi connectivity index (χ1n) is 10.3. The standard InChI is InChI=1S/C25H21N5O2/c1-17-24-21(22-3-2-14-32-22)10-13-27-25(24)30(29-17)16-23(31)28-20-6-4-18(5-7-20)15-19-8-11-26-12-9-19/h2-14H,15-16H2,1H3,(H,28,31). The largest absolute Gasteiger partial charge is 0.464 e. The molecule has 5 aromatic rings. The number of carbonyl (C=O) groups excluding carboxylic acids is 1. The molecule has 0 saturated heterocycles. The van der Waals surface area contributed by atoms with Crippen LogP contribution in [0.3, 0.4) is 0 Å². The number of aromatic nitrogens is 4. The van der Waals surface area contributed by atoms with Crippen molar-refractivity contribution in [3.05, 3.63) is 96.3 Å². The Kier molecular flexibility index (Phi) is 5.21. The Hall–Kier alpha value is -4.26. The number of fused-ring (bicyclic) bond motifs is 1. The van der Waals surface area contributed by atoms with E-state index in [1.165, 1.54) is 5.56 Å². The second-order valence-corrected chi connectivity index (χ2v) is 7.55. The number of nitrogens with one attached hydrogen (secondary N) is 1. The fourth-order valence-electron chi connectivity index (χ4n) is 3.81. The highest BCUT2D eigenvalue weighted by Gasteiger charge is 2.17. The van der Waals surface area contributed by atoms with Gasteiger partial charge in [0.2, 0.25) is 5.91 Å². The fraction of sp³-hybridized carbons (Fsp3) is 0.120. The topological polar surface area (TPSA) is 85.8 Å². The monoisotopic (exact) mass is 423 g/mol. The van der Waals surface area contributed by atoms with Gasteiger partial charge in [-0.3, -0.25) is 9.78 Å². The van der Waals surface area contributed by atoms with Gasteiger partial charge in [0.1, 0.15) is 12.3 Å². The van der Waals surface area contributed by atoms with Crippen LogP contribution in [0.1, 0.15) is 16.8 Å². The summed E-state index contributed by atoms with van der Waals surface area (Å²) in [5.74, 6) is 0.581. The summed E-state index contributed by atoms with van der Waals surface area (Å²) in [7, 11) is 0. The number of rotatable bonds is 6. The SMILES string of the molecule is Cc1nn(CC(=O)Nc2ccc(Cc3ccncc3)cc2)c2nccc(-c3ccco3)c12. The van der Waals surface area contributed by atoms with E-state index in [4.69, 9.17) is 4.42 Å². The van der Waals surface area contributed by atoms with Crippen LogP contribution in [0.5, 0.6) is 0 Å². The van der Waals surface area contributed by atoms with Crippen LogP contribution >= 0.6 is 0 Å². The zero-order valence-corrected chi connectivity index (χ0v) is 17.5. The maximum Gasteiger partial charge on any atom is 0.246 e. The lowest BCUT2D eigenvalue weighted by molar-refractivity contribution is -0.116. The molecule has 7 nitrogen and oxygen atoms in total. The minimum Gasteiger partial charge on any atom is -0.464 e. The number of pyridine rings is 2. The van der Waals surface area contributed by atoms with Crippen LogP contribution in [0.4, 0.5) is 5.69 Å². The van der Waals surface area contributed by atoms with Gasteiger partial charge in [0, 0.05) is 29.8 Å². The molecule has 0 aliphatic heterocycles. The molecule has 32 heavy (non-hydrogen) atoms. The van der Waals surface area contributed by atoms with Crippen LogP contribution in [-0.2, 0) is 17.8 Å². The van der Waals surface area contributed by atoms with Gasteiger partial charge >= 0.3 is 0 Å². The Morgan fingerprint density at radius 2 is 1.78 bits per heavy atom. The molecule has 0 bridgehead atoms. The predicted molar refractivity (Wildman–Crippen MR) is 122 cm³/mol. The molecule has 0 saturated carbocycles. The van der Waals surface area contributed by atoms with E-state index in [-0.39, 0.29) is 12.5 Å². The zero-order chi connectivity index (χ0) is 21.9. The minimum atomic E-state index is -0.165. The molecule has 158 valence electrons. The van der Waals surface area contributed by atoms with Crippen molar-refractivity contribution in [2.75, 3.05) is 5.32 Å². The lowest BCUT2D eigenvalue weighted by Gasteiger charge is -2.08. The number of anilines is 1. The first kappa shape index (κ1) is 19.7. The molecule has 0 aliphatic carbocycles. The number of aryl methyl sites for hydroxylation is 1. The summed E-state index contributed by atoms with van der Waals surface area (Å²) < 4.78 is 7.18. The van der Waals surface area contributed by atoms with Crippen molar-refractivity contribution in [1.82, 2.24) is 19.7 Å². The molecule has 0 spiro atoms. The number of amides is 1. The van der Waals surface area contributed by atoms with E-state index in [0.717, 1.165) is 40.1 Å². The van der Waals surface area contributed by atoms with Gasteiger partial charge in [-0.2, -0.15) is 5.10 Å². The van der Waals surface area contributed by atoms with Gasteiger partial charge in [-0.05, 0) is 66.9 Å². The van der Waals surface area contributed by atoms with Gasteiger partial charge in [-0.1, -0.05) is 12.1 Å². The molecule has 4 aromatic heterocycles. The molecule has 1 N–H and O–H groups in total. The van der Waals surface area contributed by atoms with E-state index in [9.17, 15) is 4.79 Å². The zero-order valence-electron chi connectivity index (χ0n) is 17.5. The van der Waals surface area contributed by atoms with Gasteiger partial charge in [-0.25, -0.2) is 9.67 Å². The van der Waals surface area contributed by atoms with Crippen LogP contribution in [0, 0.1) is 6.92 Å². The first-order valence-corrected chi connectivity index (χ1v) is 10.3. The van der Waals surface area contributed by atoms with Crippen molar-refractivity contribution in [3.63, 3.8) is 0 Å². The maximum absolute atomic E-state index is 12.7. The van der Waals surface area contributed by atoms with Gasteiger partial charge in [-0.15, -0.1) is 0 Å². The third-order valence-electron chi connectivity index (χ3n) is 5.28. The summed E-state index contributed by atoms with van der Waals surface area (Å²) in [6.45, 7) is 1.98. The Bertz CT molecular complexity index is 1360. The van der Waals surface area contributed by atoms with Crippen LogP contribution in [0.2, 0.25) is 0 Å². The highest BCUT2D eigenvalue weighted by Crippen LogP contribution is 2.30. The molecule has 0 fully saturated rings. The Balaban J connectivity index is 1.31. The number of hydrogen-bond acceptors (Lipinski definition) is 5. The number of carbonyl (C=O) groups is 1. The van der Waals surface area contributed by atoms with Crippen LogP contribution < -0.4 is 5.32 Å². The van der Waals surface area contributed by atoms with Crippen molar-refractivity contribution in [2.24, 2.45) is 0 Å². The fourth-order valence-corrected chi connectivity index (χ4v) is 3.81. The van der Waals surface area contributed by atoms with Gasteiger partial charge in [0.25, 0.3) is 0 Å². The number of nitrogens with zero attached hydrogens (tertiary/aromatic N) is 4. The Labute approximate surface area is 184 Å². The van der Waals surface area contributed by atoms with Crippen molar-refractivity contribution in [2.45, 2.75) is 19.9 Å². The van der Waals surface area contributed by atoms with E-state index in [1.54, 1.807) is 29.5 Å². The summed E-state index contributed by atoms with van der Waals surface area (Å²) in [6, 6.07) is 17.5. The normalized spacial score (nSPS) is 11.0. The molecule has 1 aromatic carbocycles.